The normalized spacial score (nSPS) is 22.3. The van der Waals surface area contributed by atoms with Gasteiger partial charge in [-0.1, -0.05) is 50.7 Å². The summed E-state index contributed by atoms with van der Waals surface area (Å²) in [7, 11) is 1.54. The van der Waals surface area contributed by atoms with E-state index < -0.39 is 32.2 Å². The van der Waals surface area contributed by atoms with Crippen LogP contribution in [0, 0.1) is 11.8 Å². The maximum atomic E-state index is 14.0. The third-order valence-corrected chi connectivity index (χ3v) is 21.5. The number of hydrogen-bond acceptors (Lipinski definition) is 12. The molecular formula is C64H80N8O12S2. The lowest BCUT2D eigenvalue weighted by Gasteiger charge is -2.24. The van der Waals surface area contributed by atoms with Crippen molar-refractivity contribution in [3.63, 3.8) is 0 Å². The van der Waals surface area contributed by atoms with Crippen LogP contribution in [0.5, 0.6) is 11.5 Å². The number of methoxy groups -OCH3 is 2. The Bertz CT molecular complexity index is 3560. The first-order chi connectivity index (χ1) is 41.3. The number of amides is 4. The number of likely N-dealkylation sites (N-methyl/N-ethyl adjacent to an activating group) is 4. The van der Waals surface area contributed by atoms with Crippen LogP contribution >= 0.6 is 0 Å². The SMILES string of the molecule is COc1ccc2c(c1)C[C@@H]1Cn3c-2c(C2CCCCC2)c2ccc(cc23)C(=O)NS(=O)(=O)N(C)CCOCCN(C)C1=O.COc1ccc2c(c1)C[C@H]1Cn3c-2c(C2CCCCC2)c2ccc(cc23)C(=O)NS(=O)(=O)N(C)CCOCCN(C)C1=O. The summed E-state index contributed by atoms with van der Waals surface area (Å²) >= 11 is 0. The minimum Gasteiger partial charge on any atom is -0.497 e. The summed E-state index contributed by atoms with van der Waals surface area (Å²) in [6, 6.07) is 23.1. The second kappa shape index (κ2) is 25.5. The zero-order valence-corrected chi connectivity index (χ0v) is 51.8. The maximum absolute atomic E-state index is 14.0. The molecule has 0 saturated heterocycles. The lowest BCUT2D eigenvalue weighted by atomic mass is 9.81. The fourth-order valence-electron chi connectivity index (χ4n) is 13.8. The summed E-state index contributed by atoms with van der Waals surface area (Å²) in [6.07, 6.45) is 12.5. The number of carbonyl (C=O) groups is 4. The van der Waals surface area contributed by atoms with Crippen molar-refractivity contribution in [1.29, 1.82) is 0 Å². The van der Waals surface area contributed by atoms with Crippen LogP contribution in [0.15, 0.2) is 72.8 Å². The first kappa shape index (κ1) is 60.9. The Morgan fingerprint density at radius 1 is 0.477 bits per heavy atom. The van der Waals surface area contributed by atoms with Gasteiger partial charge in [0.05, 0.1) is 63.9 Å². The number of rotatable bonds is 4. The molecule has 0 unspecified atom stereocenters. The highest BCUT2D eigenvalue weighted by Gasteiger charge is 2.37. The van der Waals surface area contributed by atoms with Crippen molar-refractivity contribution in [3.8, 4) is 34.0 Å². The van der Waals surface area contributed by atoms with Crippen LogP contribution in [0.3, 0.4) is 0 Å². The predicted octanol–water partition coefficient (Wildman–Crippen LogP) is 7.86. The number of fused-ring (bicyclic) bond motifs is 8. The zero-order chi connectivity index (χ0) is 60.6. The summed E-state index contributed by atoms with van der Waals surface area (Å²) in [6.45, 7) is 2.57. The lowest BCUT2D eigenvalue weighted by molar-refractivity contribution is -0.136. The van der Waals surface area contributed by atoms with Gasteiger partial charge in [0, 0.05) is 112 Å². The van der Waals surface area contributed by atoms with Crippen LogP contribution in [0.25, 0.3) is 44.3 Å². The summed E-state index contributed by atoms with van der Waals surface area (Å²) in [5, 5.41) is 2.10. The molecule has 0 radical (unpaired) electrons. The predicted molar refractivity (Wildman–Crippen MR) is 329 cm³/mol. The standard InChI is InChI=1S/2C32H40N4O6S/c2*1-34-13-15-42-16-14-35(2)43(39,40)33-31(37)22-9-11-27-28(19-22)36-20-24(32(34)38)17-23-18-25(41-3)10-12-26(23)30(36)29(27)21-7-5-4-6-8-21/h2*9-12,18-19,21,24H,4-8,13-17,20H2,1-3H3,(H,33,37)/t2*24-/m10/s1. The van der Waals surface area contributed by atoms with E-state index in [0.717, 1.165) is 127 Å². The van der Waals surface area contributed by atoms with Crippen molar-refractivity contribution in [2.24, 2.45) is 11.8 Å². The molecule has 2 atom stereocenters. The molecule has 6 heterocycles. The van der Waals surface area contributed by atoms with Crippen LogP contribution < -0.4 is 18.9 Å². The van der Waals surface area contributed by atoms with E-state index in [2.05, 4.69) is 30.7 Å². The fraction of sp³-hybridized carbons (Fsp3) is 0.500. The molecule has 2 aliphatic carbocycles. The first-order valence-electron chi connectivity index (χ1n) is 30.2. The average molecular weight is 1220 g/mol. The van der Waals surface area contributed by atoms with Crippen LogP contribution in [0.2, 0.25) is 0 Å². The highest BCUT2D eigenvalue weighted by molar-refractivity contribution is 7.88. The molecule has 4 amide bonds. The van der Waals surface area contributed by atoms with Gasteiger partial charge in [-0.2, -0.15) is 25.4 Å². The van der Waals surface area contributed by atoms with Crippen LogP contribution in [-0.2, 0) is 65.4 Å². The summed E-state index contributed by atoms with van der Waals surface area (Å²) in [5.74, 6) is 0.124. The molecule has 12 rings (SSSR count). The number of aromatic nitrogens is 2. The molecule has 86 heavy (non-hydrogen) atoms. The van der Waals surface area contributed by atoms with Crippen LogP contribution in [0.4, 0.5) is 0 Å². The second-order valence-corrected chi connectivity index (χ2v) is 27.5. The quantitative estimate of drug-likeness (QED) is 0.172. The van der Waals surface area contributed by atoms with Gasteiger partial charge in [0.15, 0.2) is 0 Å². The number of benzene rings is 4. The minimum absolute atomic E-state index is 0.0178. The molecule has 0 spiro atoms. The highest BCUT2D eigenvalue weighted by Crippen LogP contribution is 2.49. The zero-order valence-electron chi connectivity index (χ0n) is 50.2. The molecule has 4 aromatic carbocycles. The molecule has 2 aromatic heterocycles. The average Bonchev–Trinajstić information content (AvgIpc) is 1.62. The van der Waals surface area contributed by atoms with Gasteiger partial charge in [-0.25, -0.2) is 9.44 Å². The molecule has 22 heteroatoms. The molecule has 460 valence electrons. The van der Waals surface area contributed by atoms with Gasteiger partial charge in [-0.3, -0.25) is 19.2 Å². The Kier molecular flexibility index (Phi) is 18.0. The summed E-state index contributed by atoms with van der Waals surface area (Å²) in [5.41, 5.74) is 11.1. The Hall–Kier alpha value is -6.82. The number of ether oxygens (including phenoxy) is 4. The van der Waals surface area contributed by atoms with E-state index in [4.69, 9.17) is 18.9 Å². The van der Waals surface area contributed by atoms with E-state index in [1.807, 2.05) is 36.4 Å². The van der Waals surface area contributed by atoms with Gasteiger partial charge >= 0.3 is 20.4 Å². The van der Waals surface area contributed by atoms with Crippen molar-refractivity contribution in [3.05, 3.63) is 106 Å². The van der Waals surface area contributed by atoms with Gasteiger partial charge in [0.25, 0.3) is 11.8 Å². The van der Waals surface area contributed by atoms with Crippen molar-refractivity contribution >= 4 is 65.9 Å². The van der Waals surface area contributed by atoms with Crippen molar-refractivity contribution in [2.75, 3.05) is 95.0 Å². The minimum atomic E-state index is -4.08. The smallest absolute Gasteiger partial charge is 0.303 e. The van der Waals surface area contributed by atoms with E-state index in [-0.39, 0.29) is 74.3 Å². The molecule has 4 aliphatic heterocycles. The second-order valence-electron chi connectivity index (χ2n) is 24.0. The molecule has 6 aromatic rings. The van der Waals surface area contributed by atoms with Gasteiger partial charge in [0.2, 0.25) is 11.8 Å². The Labute approximate surface area is 504 Å². The fourth-order valence-corrected chi connectivity index (χ4v) is 15.5. The van der Waals surface area contributed by atoms with E-state index in [9.17, 15) is 36.0 Å². The number of carbonyl (C=O) groups excluding carboxylic acids is 4. The van der Waals surface area contributed by atoms with E-state index in [0.29, 0.717) is 50.9 Å². The van der Waals surface area contributed by atoms with Gasteiger partial charge in [-0.15, -0.1) is 0 Å². The van der Waals surface area contributed by atoms with E-state index >= 15 is 0 Å². The molecule has 2 saturated carbocycles. The van der Waals surface area contributed by atoms with E-state index in [1.165, 1.54) is 38.1 Å². The Balaban J connectivity index is 0.000000179. The molecule has 8 bridgehead atoms. The third-order valence-electron chi connectivity index (χ3n) is 18.6. The van der Waals surface area contributed by atoms with Crippen molar-refractivity contribution in [1.82, 2.24) is 37.0 Å². The van der Waals surface area contributed by atoms with Gasteiger partial charge in [-0.05, 0) is 133 Å². The third kappa shape index (κ3) is 12.3. The molecular weight excluding hydrogens is 1140 g/mol. The number of nitrogens with zero attached hydrogens (tertiary/aromatic N) is 6. The van der Waals surface area contributed by atoms with Crippen LogP contribution in [0.1, 0.15) is 119 Å². The maximum Gasteiger partial charge on any atom is 0.303 e. The first-order valence-corrected chi connectivity index (χ1v) is 33.1. The molecule has 2 N–H and O–H groups in total. The van der Waals surface area contributed by atoms with E-state index in [1.54, 1.807) is 62.4 Å². The topological polar surface area (TPSA) is 220 Å². The van der Waals surface area contributed by atoms with Crippen molar-refractivity contribution < 1.29 is 55.0 Å². The summed E-state index contributed by atoms with van der Waals surface area (Å²) in [4.78, 5) is 58.1. The van der Waals surface area contributed by atoms with Crippen molar-refractivity contribution in [2.45, 2.75) is 102 Å². The van der Waals surface area contributed by atoms with Gasteiger partial charge < -0.3 is 37.9 Å². The van der Waals surface area contributed by atoms with Gasteiger partial charge in [0.1, 0.15) is 11.5 Å². The molecule has 2 fully saturated rings. The number of hydrogen-bond donors (Lipinski definition) is 2. The highest BCUT2D eigenvalue weighted by atomic mass is 32.2. The van der Waals surface area contributed by atoms with Crippen LogP contribution in [-0.4, -0.2) is 163 Å². The Morgan fingerprint density at radius 3 is 1.24 bits per heavy atom. The largest absolute Gasteiger partial charge is 0.497 e. The lowest BCUT2D eigenvalue weighted by Crippen LogP contribution is -2.43. The molecule has 20 nitrogen and oxygen atoms in total. The summed E-state index contributed by atoms with van der Waals surface area (Å²) < 4.78 is 85.4. The number of nitrogens with one attached hydrogen (secondary N) is 2. The monoisotopic (exact) mass is 1220 g/mol. The Morgan fingerprint density at radius 2 is 0.860 bits per heavy atom. The molecule has 6 aliphatic rings.